The van der Waals surface area contributed by atoms with Crippen molar-refractivity contribution in [1.82, 2.24) is 4.57 Å². The van der Waals surface area contributed by atoms with Crippen molar-refractivity contribution in [3.8, 4) is 0 Å². The summed E-state index contributed by atoms with van der Waals surface area (Å²) in [7, 11) is 0. The lowest BCUT2D eigenvalue weighted by Crippen LogP contribution is -2.20. The first-order valence-corrected chi connectivity index (χ1v) is 10.4. The molecule has 162 valence electrons. The summed E-state index contributed by atoms with van der Waals surface area (Å²) in [5.74, 6) is -1.26. The molecular formula is C25H20ClNO5. The maximum absolute atomic E-state index is 12.8. The van der Waals surface area contributed by atoms with Gasteiger partial charge in [-0.2, -0.15) is 0 Å². The van der Waals surface area contributed by atoms with Crippen molar-refractivity contribution in [2.45, 2.75) is 20.4 Å². The lowest BCUT2D eigenvalue weighted by molar-refractivity contribution is 0.0470. The summed E-state index contributed by atoms with van der Waals surface area (Å²) in [5.41, 5.74) is 2.33. The maximum Gasteiger partial charge on any atom is 0.351 e. The average Bonchev–Trinajstić information content (AvgIpc) is 3.06. The van der Waals surface area contributed by atoms with Crippen LogP contribution in [0, 0.1) is 13.8 Å². The molecule has 0 aliphatic carbocycles. The molecule has 2 aromatic heterocycles. The zero-order chi connectivity index (χ0) is 22.8. The van der Waals surface area contributed by atoms with Gasteiger partial charge in [0.2, 0.25) is 5.78 Å². The number of hydrogen-bond acceptors (Lipinski definition) is 5. The summed E-state index contributed by atoms with van der Waals surface area (Å²) in [6.07, 6.45) is 0. The lowest BCUT2D eigenvalue weighted by atomic mass is 10.1. The van der Waals surface area contributed by atoms with Gasteiger partial charge < -0.3 is 13.7 Å². The number of nitrogens with zero attached hydrogens (tertiary/aromatic N) is 1. The van der Waals surface area contributed by atoms with Crippen LogP contribution in [-0.2, 0) is 11.3 Å². The fourth-order valence-corrected chi connectivity index (χ4v) is 3.81. The van der Waals surface area contributed by atoms with Crippen LogP contribution in [0.4, 0.5) is 0 Å². The SMILES string of the molecule is Cc1cc(C(=O)COC(=O)c2cc3ccccc3oc2=O)c(C)n1Cc1ccccc1Cl. The Hall–Kier alpha value is -3.64. The monoisotopic (exact) mass is 449 g/mol. The topological polar surface area (TPSA) is 78.5 Å². The van der Waals surface area contributed by atoms with E-state index in [0.29, 0.717) is 28.1 Å². The van der Waals surface area contributed by atoms with Gasteiger partial charge in [0.15, 0.2) is 6.61 Å². The van der Waals surface area contributed by atoms with E-state index in [1.54, 1.807) is 30.3 Å². The Morgan fingerprint density at radius 1 is 1.00 bits per heavy atom. The van der Waals surface area contributed by atoms with E-state index in [1.807, 2.05) is 42.7 Å². The minimum atomic E-state index is -0.900. The van der Waals surface area contributed by atoms with E-state index < -0.39 is 18.2 Å². The van der Waals surface area contributed by atoms with Crippen LogP contribution in [0.3, 0.4) is 0 Å². The van der Waals surface area contributed by atoms with Gasteiger partial charge in [-0.3, -0.25) is 4.79 Å². The molecule has 6 nitrogen and oxygen atoms in total. The number of ketones is 1. The quantitative estimate of drug-likeness (QED) is 0.236. The van der Waals surface area contributed by atoms with Gasteiger partial charge in [0, 0.05) is 33.9 Å². The summed E-state index contributed by atoms with van der Waals surface area (Å²) in [5, 5.41) is 1.24. The van der Waals surface area contributed by atoms with Gasteiger partial charge in [0.25, 0.3) is 0 Å². The second kappa shape index (κ2) is 8.85. The van der Waals surface area contributed by atoms with Gasteiger partial charge in [0.1, 0.15) is 11.1 Å². The molecule has 2 heterocycles. The number of hydrogen-bond donors (Lipinski definition) is 0. The zero-order valence-corrected chi connectivity index (χ0v) is 18.3. The van der Waals surface area contributed by atoms with Crippen molar-refractivity contribution in [2.75, 3.05) is 6.61 Å². The fourth-order valence-electron chi connectivity index (χ4n) is 3.61. The summed E-state index contributed by atoms with van der Waals surface area (Å²) in [4.78, 5) is 37.3. The summed E-state index contributed by atoms with van der Waals surface area (Å²) in [6.45, 7) is 3.76. The molecule has 0 fully saturated rings. The summed E-state index contributed by atoms with van der Waals surface area (Å²) >= 11 is 6.27. The molecule has 4 aromatic rings. The standard InChI is InChI=1S/C25H20ClNO5/c1-15-11-19(16(2)27(15)13-18-8-3-5-9-21(18)26)22(28)14-31-24(29)20-12-17-7-4-6-10-23(17)32-25(20)30/h3-12H,13-14H2,1-2H3. The van der Waals surface area contributed by atoms with Gasteiger partial charge in [-0.25, -0.2) is 9.59 Å². The number of rotatable bonds is 6. The van der Waals surface area contributed by atoms with Gasteiger partial charge in [0.05, 0.1) is 0 Å². The number of esters is 1. The molecular weight excluding hydrogens is 430 g/mol. The predicted octanol–water partition coefficient (Wildman–Crippen LogP) is 4.95. The van der Waals surface area contributed by atoms with E-state index in [-0.39, 0.29) is 11.3 Å². The van der Waals surface area contributed by atoms with Crippen LogP contribution in [0.1, 0.15) is 37.7 Å². The molecule has 0 atom stereocenters. The maximum atomic E-state index is 12.8. The Morgan fingerprint density at radius 3 is 2.50 bits per heavy atom. The first-order valence-electron chi connectivity index (χ1n) is 9.98. The zero-order valence-electron chi connectivity index (χ0n) is 17.6. The summed E-state index contributed by atoms with van der Waals surface area (Å²) < 4.78 is 12.3. The number of halogens is 1. The molecule has 0 spiro atoms. The highest BCUT2D eigenvalue weighted by atomic mass is 35.5. The van der Waals surface area contributed by atoms with Gasteiger partial charge >= 0.3 is 11.6 Å². The van der Waals surface area contributed by atoms with Crippen molar-refractivity contribution in [1.29, 1.82) is 0 Å². The van der Waals surface area contributed by atoms with Crippen LogP contribution in [0.25, 0.3) is 11.0 Å². The van der Waals surface area contributed by atoms with E-state index >= 15 is 0 Å². The van der Waals surface area contributed by atoms with Crippen molar-refractivity contribution in [3.05, 3.63) is 104 Å². The molecule has 0 amide bonds. The Bertz CT molecular complexity index is 1400. The van der Waals surface area contributed by atoms with Crippen LogP contribution in [0.5, 0.6) is 0 Å². The van der Waals surface area contributed by atoms with E-state index in [0.717, 1.165) is 17.0 Å². The third-order valence-corrected chi connectivity index (χ3v) is 5.72. The van der Waals surface area contributed by atoms with E-state index in [9.17, 15) is 14.4 Å². The Labute approximate surface area is 189 Å². The molecule has 0 unspecified atom stereocenters. The van der Waals surface area contributed by atoms with E-state index in [4.69, 9.17) is 20.8 Å². The first-order chi connectivity index (χ1) is 15.3. The highest BCUT2D eigenvalue weighted by Crippen LogP contribution is 2.22. The predicted molar refractivity (Wildman–Crippen MR) is 122 cm³/mol. The Balaban J connectivity index is 1.50. The number of carbonyl (C=O) groups excluding carboxylic acids is 2. The highest BCUT2D eigenvalue weighted by Gasteiger charge is 2.20. The third kappa shape index (κ3) is 4.22. The fraction of sp³-hybridized carbons (Fsp3) is 0.160. The van der Waals surface area contributed by atoms with E-state index in [2.05, 4.69) is 0 Å². The van der Waals surface area contributed by atoms with Crippen LogP contribution in [0.2, 0.25) is 5.02 Å². The molecule has 0 bridgehead atoms. The van der Waals surface area contributed by atoms with Crippen molar-refractivity contribution in [2.24, 2.45) is 0 Å². The lowest BCUT2D eigenvalue weighted by Gasteiger charge is -2.11. The molecule has 0 saturated heterocycles. The van der Waals surface area contributed by atoms with Crippen LogP contribution in [-0.4, -0.2) is 22.9 Å². The minimum Gasteiger partial charge on any atom is -0.453 e. The highest BCUT2D eigenvalue weighted by molar-refractivity contribution is 6.31. The van der Waals surface area contributed by atoms with Gasteiger partial charge in [-0.1, -0.05) is 48.0 Å². The molecule has 4 rings (SSSR count). The normalized spacial score (nSPS) is 11.0. The number of aromatic nitrogens is 1. The van der Waals surface area contributed by atoms with Crippen LogP contribution >= 0.6 is 11.6 Å². The molecule has 0 saturated carbocycles. The molecule has 0 aliphatic heterocycles. The van der Waals surface area contributed by atoms with Crippen LogP contribution < -0.4 is 5.63 Å². The Kier molecular flexibility index (Phi) is 5.97. The summed E-state index contributed by atoms with van der Waals surface area (Å²) in [6, 6.07) is 17.5. The van der Waals surface area contributed by atoms with Gasteiger partial charge in [-0.15, -0.1) is 0 Å². The molecule has 0 aliphatic rings. The second-order valence-electron chi connectivity index (χ2n) is 7.45. The number of fused-ring (bicyclic) bond motifs is 1. The molecule has 32 heavy (non-hydrogen) atoms. The van der Waals surface area contributed by atoms with Crippen molar-refractivity contribution < 1.29 is 18.7 Å². The molecule has 7 heteroatoms. The number of Topliss-reactive ketones (excluding diaryl/α,β-unsaturated/α-hetero) is 1. The number of ether oxygens (including phenoxy) is 1. The number of para-hydroxylation sites is 1. The molecule has 0 N–H and O–H groups in total. The minimum absolute atomic E-state index is 0.249. The first kappa shape index (κ1) is 21.6. The van der Waals surface area contributed by atoms with Crippen molar-refractivity contribution in [3.63, 3.8) is 0 Å². The molecule has 0 radical (unpaired) electrons. The van der Waals surface area contributed by atoms with Crippen LogP contribution in [0.15, 0.2) is 69.9 Å². The Morgan fingerprint density at radius 2 is 1.72 bits per heavy atom. The average molecular weight is 450 g/mol. The van der Waals surface area contributed by atoms with Crippen molar-refractivity contribution >= 4 is 34.3 Å². The number of benzene rings is 2. The number of carbonyl (C=O) groups is 2. The third-order valence-electron chi connectivity index (χ3n) is 5.36. The van der Waals surface area contributed by atoms with E-state index in [1.165, 1.54) is 6.07 Å². The molecule has 2 aromatic carbocycles. The largest absolute Gasteiger partial charge is 0.453 e. The number of aryl methyl sites for hydroxylation is 1. The second-order valence-corrected chi connectivity index (χ2v) is 7.85. The van der Waals surface area contributed by atoms with Gasteiger partial charge in [-0.05, 0) is 43.7 Å². The smallest absolute Gasteiger partial charge is 0.351 e.